The highest BCUT2D eigenvalue weighted by Gasteiger charge is 2.35. The molecule has 9 heteroatoms. The molecule has 0 amide bonds. The van der Waals surface area contributed by atoms with Gasteiger partial charge >= 0.3 is 6.36 Å². The molecule has 3 nitrogen and oxygen atoms in total. The molecule has 0 aliphatic carbocycles. The van der Waals surface area contributed by atoms with Crippen LogP contribution in [0.3, 0.4) is 0 Å². The van der Waals surface area contributed by atoms with E-state index < -0.39 is 28.7 Å². The van der Waals surface area contributed by atoms with Crippen LogP contribution in [0.2, 0.25) is 0 Å². The van der Waals surface area contributed by atoms with Crippen LogP contribution in [-0.2, 0) is 0 Å². The first-order valence-corrected chi connectivity index (χ1v) is 4.73. The van der Waals surface area contributed by atoms with Gasteiger partial charge in [0.25, 0.3) is 6.43 Å². The van der Waals surface area contributed by atoms with Gasteiger partial charge in [0.05, 0.1) is 10.0 Å². The normalized spacial score (nSPS) is 11.7. The van der Waals surface area contributed by atoms with E-state index in [2.05, 4.69) is 25.7 Å². The number of carbonyl (C=O) groups excluding carboxylic acids is 1. The van der Waals surface area contributed by atoms with Gasteiger partial charge in [0.2, 0.25) is 0 Å². The number of aromatic nitrogens is 1. The minimum atomic E-state index is -5.16. The second-order valence-electron chi connectivity index (χ2n) is 2.71. The van der Waals surface area contributed by atoms with Crippen LogP contribution in [0.5, 0.6) is 5.75 Å². The van der Waals surface area contributed by atoms with Crippen molar-refractivity contribution in [1.82, 2.24) is 4.98 Å². The van der Waals surface area contributed by atoms with E-state index in [9.17, 15) is 26.7 Å². The second-order valence-corrected chi connectivity index (χ2v) is 3.50. The van der Waals surface area contributed by atoms with Crippen molar-refractivity contribution >= 4 is 22.2 Å². The third-order valence-corrected chi connectivity index (χ3v) is 2.40. The van der Waals surface area contributed by atoms with Gasteiger partial charge in [-0.1, -0.05) is 0 Å². The Labute approximate surface area is 99.7 Å². The fraction of sp³-hybridized carbons (Fsp3) is 0.250. The molecule has 0 unspecified atom stereocenters. The maximum absolute atomic E-state index is 12.4. The molecule has 0 aliphatic heterocycles. The minimum Gasteiger partial charge on any atom is -0.402 e. The standard InChI is InChI=1S/C8H3BrF5NO2/c9-4-3(2-16)1-15-5(7(10)11)6(4)17-8(12,13)14/h1-2,7H. The summed E-state index contributed by atoms with van der Waals surface area (Å²) in [5.41, 5.74) is -1.52. The number of aldehydes is 1. The zero-order valence-electron chi connectivity index (χ0n) is 7.76. The number of pyridine rings is 1. The van der Waals surface area contributed by atoms with E-state index >= 15 is 0 Å². The Kier molecular flexibility index (Phi) is 4.02. The summed E-state index contributed by atoms with van der Waals surface area (Å²) in [4.78, 5) is 13.5. The lowest BCUT2D eigenvalue weighted by atomic mass is 10.2. The molecule has 0 saturated heterocycles. The number of halogens is 6. The maximum Gasteiger partial charge on any atom is 0.573 e. The molecule has 1 aromatic rings. The van der Waals surface area contributed by atoms with E-state index in [0.29, 0.717) is 0 Å². The molecule has 1 heterocycles. The van der Waals surface area contributed by atoms with E-state index in [1.54, 1.807) is 0 Å². The minimum absolute atomic E-state index is 0.162. The first-order valence-electron chi connectivity index (χ1n) is 3.93. The summed E-state index contributed by atoms with van der Waals surface area (Å²) in [5, 5.41) is 0. The molecule has 0 atom stereocenters. The predicted molar refractivity (Wildman–Crippen MR) is 49.0 cm³/mol. The number of carbonyl (C=O) groups is 1. The molecule has 1 aromatic heterocycles. The van der Waals surface area contributed by atoms with E-state index in [1.807, 2.05) is 0 Å². The third-order valence-electron chi connectivity index (χ3n) is 1.58. The van der Waals surface area contributed by atoms with Crippen molar-refractivity contribution in [1.29, 1.82) is 0 Å². The molecule has 0 bridgehead atoms. The van der Waals surface area contributed by atoms with Crippen molar-refractivity contribution in [3.63, 3.8) is 0 Å². The molecular weight excluding hydrogens is 317 g/mol. The Hall–Kier alpha value is -1.25. The Balaban J connectivity index is 3.35. The summed E-state index contributed by atoms with van der Waals surface area (Å²) in [6, 6.07) is 0. The summed E-state index contributed by atoms with van der Waals surface area (Å²) >= 11 is 2.58. The average Bonchev–Trinajstić information content (AvgIpc) is 2.18. The SMILES string of the molecule is O=Cc1cnc(C(F)F)c(OC(F)(F)F)c1Br. The fourth-order valence-electron chi connectivity index (χ4n) is 0.948. The van der Waals surface area contributed by atoms with E-state index in [1.165, 1.54) is 0 Å². The van der Waals surface area contributed by atoms with Gasteiger partial charge in [-0.05, 0) is 15.9 Å². The topological polar surface area (TPSA) is 39.2 Å². The van der Waals surface area contributed by atoms with Crippen LogP contribution in [0.15, 0.2) is 10.7 Å². The van der Waals surface area contributed by atoms with Crippen molar-refractivity contribution < 1.29 is 31.5 Å². The van der Waals surface area contributed by atoms with Crippen LogP contribution in [0.25, 0.3) is 0 Å². The van der Waals surface area contributed by atoms with E-state index in [-0.39, 0.29) is 11.8 Å². The Bertz CT molecular complexity index is 435. The smallest absolute Gasteiger partial charge is 0.402 e. The summed E-state index contributed by atoms with van der Waals surface area (Å²) < 4.78 is 63.7. The van der Waals surface area contributed by atoms with Crippen molar-refractivity contribution in [3.05, 3.63) is 21.9 Å². The lowest BCUT2D eigenvalue weighted by molar-refractivity contribution is -0.275. The monoisotopic (exact) mass is 319 g/mol. The highest BCUT2D eigenvalue weighted by atomic mass is 79.9. The molecule has 1 rings (SSSR count). The molecule has 0 N–H and O–H groups in total. The fourth-order valence-corrected chi connectivity index (χ4v) is 1.43. The summed E-state index contributed by atoms with van der Waals surface area (Å²) in [6.07, 6.45) is -7.53. The van der Waals surface area contributed by atoms with E-state index in [4.69, 9.17) is 0 Å². The largest absolute Gasteiger partial charge is 0.573 e. The van der Waals surface area contributed by atoms with Crippen LogP contribution in [0.4, 0.5) is 22.0 Å². The van der Waals surface area contributed by atoms with Gasteiger partial charge in [0.15, 0.2) is 12.0 Å². The van der Waals surface area contributed by atoms with Gasteiger partial charge in [0.1, 0.15) is 5.69 Å². The van der Waals surface area contributed by atoms with Gasteiger partial charge in [-0.15, -0.1) is 13.2 Å². The third kappa shape index (κ3) is 3.35. The van der Waals surface area contributed by atoms with Gasteiger partial charge in [0, 0.05) is 6.20 Å². The van der Waals surface area contributed by atoms with Crippen LogP contribution in [0.1, 0.15) is 22.5 Å². The Morgan fingerprint density at radius 3 is 2.41 bits per heavy atom. The molecule has 0 aromatic carbocycles. The summed E-state index contributed by atoms with van der Waals surface area (Å²) in [6.45, 7) is 0. The molecule has 0 radical (unpaired) electrons. The van der Waals surface area contributed by atoms with Crippen LogP contribution in [-0.4, -0.2) is 17.6 Å². The Morgan fingerprint density at radius 1 is 1.41 bits per heavy atom. The molecule has 94 valence electrons. The quantitative estimate of drug-likeness (QED) is 0.632. The number of alkyl halides is 5. The Morgan fingerprint density at radius 2 is 2.00 bits per heavy atom. The van der Waals surface area contributed by atoms with Crippen molar-refractivity contribution in [3.8, 4) is 5.75 Å². The molecule has 0 spiro atoms. The summed E-state index contributed by atoms with van der Waals surface area (Å²) in [7, 11) is 0. The second kappa shape index (κ2) is 4.94. The molecular formula is C8H3BrF5NO2. The van der Waals surface area contributed by atoms with Crippen molar-refractivity contribution in [2.45, 2.75) is 12.8 Å². The lowest BCUT2D eigenvalue weighted by Gasteiger charge is -2.14. The van der Waals surface area contributed by atoms with Crippen LogP contribution >= 0.6 is 15.9 Å². The van der Waals surface area contributed by atoms with Crippen molar-refractivity contribution in [2.75, 3.05) is 0 Å². The molecule has 0 saturated carbocycles. The number of ether oxygens (including phenoxy) is 1. The molecule has 0 aliphatic rings. The van der Waals surface area contributed by atoms with Gasteiger partial charge in [-0.3, -0.25) is 9.78 Å². The highest BCUT2D eigenvalue weighted by molar-refractivity contribution is 9.10. The van der Waals surface area contributed by atoms with Gasteiger partial charge in [-0.25, -0.2) is 8.78 Å². The van der Waals surface area contributed by atoms with Gasteiger partial charge in [-0.2, -0.15) is 0 Å². The first-order chi connectivity index (χ1) is 7.76. The maximum atomic E-state index is 12.4. The summed E-state index contributed by atoms with van der Waals surface area (Å²) in [5.74, 6) is -1.21. The zero-order valence-corrected chi connectivity index (χ0v) is 9.35. The zero-order chi connectivity index (χ0) is 13.2. The van der Waals surface area contributed by atoms with Crippen LogP contribution in [0, 0.1) is 0 Å². The molecule has 0 fully saturated rings. The lowest BCUT2D eigenvalue weighted by Crippen LogP contribution is -2.19. The van der Waals surface area contributed by atoms with Gasteiger partial charge < -0.3 is 4.74 Å². The first kappa shape index (κ1) is 13.8. The number of hydrogen-bond donors (Lipinski definition) is 0. The van der Waals surface area contributed by atoms with E-state index in [0.717, 1.165) is 6.20 Å². The van der Waals surface area contributed by atoms with Crippen molar-refractivity contribution in [2.24, 2.45) is 0 Å². The average molecular weight is 320 g/mol. The van der Waals surface area contributed by atoms with Crippen LogP contribution < -0.4 is 4.74 Å². The molecule has 17 heavy (non-hydrogen) atoms. The number of nitrogens with zero attached hydrogens (tertiary/aromatic N) is 1. The predicted octanol–water partition coefficient (Wildman–Crippen LogP) is 3.49. The number of hydrogen-bond acceptors (Lipinski definition) is 3. The number of rotatable bonds is 3. The highest BCUT2D eigenvalue weighted by Crippen LogP contribution is 2.38.